The van der Waals surface area contributed by atoms with Gasteiger partial charge < -0.3 is 5.32 Å². The Morgan fingerprint density at radius 1 is 1.21 bits per heavy atom. The minimum atomic E-state index is -3.83. The number of rotatable bonds is 9. The molecular formula is C20H25FN2O3S2. The lowest BCUT2D eigenvalue weighted by Crippen LogP contribution is -2.48. The third-order valence-corrected chi connectivity index (χ3v) is 6.33. The van der Waals surface area contributed by atoms with Crippen LogP contribution in [-0.4, -0.2) is 38.9 Å². The fourth-order valence-corrected chi connectivity index (χ4v) is 4.78. The number of carbonyl (C=O) groups is 1. The first kappa shape index (κ1) is 22.2. The van der Waals surface area contributed by atoms with Crippen molar-refractivity contribution in [1.29, 1.82) is 0 Å². The van der Waals surface area contributed by atoms with Gasteiger partial charge in [-0.15, -0.1) is 0 Å². The van der Waals surface area contributed by atoms with E-state index in [1.54, 1.807) is 11.8 Å². The molecule has 2 aromatic rings. The van der Waals surface area contributed by atoms with Gasteiger partial charge in [0.15, 0.2) is 0 Å². The highest BCUT2D eigenvalue weighted by Crippen LogP contribution is 2.24. The van der Waals surface area contributed by atoms with E-state index >= 15 is 0 Å². The van der Waals surface area contributed by atoms with Crippen LogP contribution in [0.25, 0.3) is 0 Å². The van der Waals surface area contributed by atoms with E-state index in [-0.39, 0.29) is 5.69 Å². The van der Waals surface area contributed by atoms with Gasteiger partial charge >= 0.3 is 0 Å². The second-order valence-electron chi connectivity index (χ2n) is 6.52. The Kier molecular flexibility index (Phi) is 7.88. The number of hydrogen-bond acceptors (Lipinski definition) is 4. The molecular weight excluding hydrogens is 399 g/mol. The first-order chi connectivity index (χ1) is 13.2. The number of hydrogen-bond donors (Lipinski definition) is 1. The highest BCUT2D eigenvalue weighted by Gasteiger charge is 2.30. The van der Waals surface area contributed by atoms with Crippen LogP contribution >= 0.6 is 11.8 Å². The van der Waals surface area contributed by atoms with E-state index in [9.17, 15) is 17.6 Å². The van der Waals surface area contributed by atoms with Gasteiger partial charge in [0.05, 0.1) is 11.9 Å². The van der Waals surface area contributed by atoms with E-state index in [2.05, 4.69) is 17.4 Å². The van der Waals surface area contributed by atoms with Crippen molar-refractivity contribution in [1.82, 2.24) is 5.32 Å². The summed E-state index contributed by atoms with van der Waals surface area (Å²) in [7, 11) is -3.83. The molecule has 28 heavy (non-hydrogen) atoms. The number of nitrogens with zero attached hydrogens (tertiary/aromatic N) is 1. The largest absolute Gasteiger partial charge is 0.353 e. The number of thioether (sulfide) groups is 1. The Balaban J connectivity index is 1.92. The van der Waals surface area contributed by atoms with Gasteiger partial charge in [-0.05, 0) is 31.5 Å². The van der Waals surface area contributed by atoms with Crippen LogP contribution in [0, 0.1) is 12.7 Å². The summed E-state index contributed by atoms with van der Waals surface area (Å²) in [5.74, 6) is 0.356. The molecule has 152 valence electrons. The molecule has 1 amide bonds. The minimum absolute atomic E-state index is 0.138. The van der Waals surface area contributed by atoms with Crippen molar-refractivity contribution in [3.05, 3.63) is 65.5 Å². The molecule has 5 nitrogen and oxygen atoms in total. The predicted molar refractivity (Wildman–Crippen MR) is 114 cm³/mol. The Morgan fingerprint density at radius 3 is 2.57 bits per heavy atom. The van der Waals surface area contributed by atoms with Gasteiger partial charge in [0.1, 0.15) is 11.9 Å². The van der Waals surface area contributed by atoms with Gasteiger partial charge in [0.2, 0.25) is 15.9 Å². The van der Waals surface area contributed by atoms with Gasteiger partial charge in [-0.1, -0.05) is 42.0 Å². The van der Waals surface area contributed by atoms with Crippen molar-refractivity contribution in [2.24, 2.45) is 0 Å². The maximum atomic E-state index is 14.1. The lowest BCUT2D eigenvalue weighted by atomic mass is 10.2. The maximum Gasteiger partial charge on any atom is 0.243 e. The van der Waals surface area contributed by atoms with E-state index < -0.39 is 27.8 Å². The molecule has 0 unspecified atom stereocenters. The lowest BCUT2D eigenvalue weighted by molar-refractivity contribution is -0.121. The number of carbonyl (C=O) groups excluding carboxylic acids is 1. The highest BCUT2D eigenvalue weighted by atomic mass is 32.2. The Morgan fingerprint density at radius 2 is 1.93 bits per heavy atom. The fraction of sp³-hybridized carbons (Fsp3) is 0.350. The molecule has 0 fully saturated rings. The van der Waals surface area contributed by atoms with Crippen molar-refractivity contribution < 1.29 is 17.6 Å². The molecule has 1 N–H and O–H groups in total. The van der Waals surface area contributed by atoms with E-state index in [0.29, 0.717) is 12.3 Å². The standard InChI is InChI=1S/C20H25FN2O3S2/c1-15-7-6-8-17(13-15)14-27-12-11-22-20(24)16(2)23(28(3,25)26)19-10-5-4-9-18(19)21/h4-10,13,16H,11-12,14H2,1-3H3,(H,22,24)/t16-/m0/s1. The van der Waals surface area contributed by atoms with E-state index in [0.717, 1.165) is 16.3 Å². The van der Waals surface area contributed by atoms with Gasteiger partial charge in [-0.3, -0.25) is 9.10 Å². The molecule has 0 bridgehead atoms. The second-order valence-corrected chi connectivity index (χ2v) is 9.48. The summed E-state index contributed by atoms with van der Waals surface area (Å²) in [5, 5.41) is 2.73. The normalized spacial score (nSPS) is 12.4. The number of para-hydroxylation sites is 1. The predicted octanol–water partition coefficient (Wildman–Crippen LogP) is 3.34. The molecule has 1 atom stereocenters. The quantitative estimate of drug-likeness (QED) is 0.627. The van der Waals surface area contributed by atoms with E-state index in [1.807, 2.05) is 19.1 Å². The third kappa shape index (κ3) is 6.24. The Bertz CT molecular complexity index is 919. The number of sulfonamides is 1. The molecule has 0 spiro atoms. The SMILES string of the molecule is Cc1cccc(CSCCNC(=O)[C@H](C)N(c2ccccc2F)S(C)(=O)=O)c1. The van der Waals surface area contributed by atoms with Gasteiger partial charge in [0.25, 0.3) is 0 Å². The third-order valence-electron chi connectivity index (χ3n) is 4.08. The summed E-state index contributed by atoms with van der Waals surface area (Å²) in [5.41, 5.74) is 2.28. The summed E-state index contributed by atoms with van der Waals surface area (Å²) in [4.78, 5) is 12.4. The molecule has 0 aliphatic heterocycles. The zero-order valence-electron chi connectivity index (χ0n) is 16.2. The van der Waals surface area contributed by atoms with Crippen molar-refractivity contribution in [3.8, 4) is 0 Å². The maximum absolute atomic E-state index is 14.1. The molecule has 2 rings (SSSR count). The monoisotopic (exact) mass is 424 g/mol. The van der Waals surface area contributed by atoms with Crippen molar-refractivity contribution in [2.75, 3.05) is 22.9 Å². The van der Waals surface area contributed by atoms with Crippen LogP contribution in [0.1, 0.15) is 18.1 Å². The van der Waals surface area contributed by atoms with Crippen LogP contribution < -0.4 is 9.62 Å². The van der Waals surface area contributed by atoms with Crippen molar-refractivity contribution >= 4 is 33.4 Å². The molecule has 0 heterocycles. The van der Waals surface area contributed by atoms with Crippen molar-refractivity contribution in [2.45, 2.75) is 25.6 Å². The smallest absolute Gasteiger partial charge is 0.243 e. The molecule has 0 aliphatic rings. The summed E-state index contributed by atoms with van der Waals surface area (Å²) < 4.78 is 39.2. The first-order valence-corrected chi connectivity index (χ1v) is 11.9. The summed E-state index contributed by atoms with van der Waals surface area (Å²) in [6.45, 7) is 3.89. The average molecular weight is 425 g/mol. The van der Waals surface area contributed by atoms with E-state index in [1.165, 1.54) is 42.3 Å². The summed E-state index contributed by atoms with van der Waals surface area (Å²) in [6.07, 6.45) is 0.959. The zero-order valence-corrected chi connectivity index (χ0v) is 17.8. The molecule has 0 radical (unpaired) electrons. The molecule has 8 heteroatoms. The second kappa shape index (κ2) is 9.93. The highest BCUT2D eigenvalue weighted by molar-refractivity contribution is 7.98. The molecule has 2 aromatic carbocycles. The summed E-state index contributed by atoms with van der Waals surface area (Å²) >= 11 is 1.67. The molecule has 0 saturated carbocycles. The number of halogens is 1. The fourth-order valence-electron chi connectivity index (χ4n) is 2.80. The Labute approximate surface area is 170 Å². The zero-order chi connectivity index (χ0) is 20.7. The first-order valence-electron chi connectivity index (χ1n) is 8.85. The topological polar surface area (TPSA) is 66.5 Å². The van der Waals surface area contributed by atoms with Crippen LogP contribution in [0.2, 0.25) is 0 Å². The Hall–Kier alpha value is -2.06. The molecule has 0 aliphatic carbocycles. The summed E-state index contributed by atoms with van der Waals surface area (Å²) in [6, 6.07) is 12.7. The number of benzene rings is 2. The van der Waals surface area contributed by atoms with Crippen LogP contribution in [0.5, 0.6) is 0 Å². The average Bonchev–Trinajstić information content (AvgIpc) is 2.62. The van der Waals surface area contributed by atoms with Crippen LogP contribution in [-0.2, 0) is 20.6 Å². The van der Waals surface area contributed by atoms with Gasteiger partial charge in [-0.2, -0.15) is 11.8 Å². The number of amides is 1. The number of anilines is 1. The number of aryl methyl sites for hydroxylation is 1. The van der Waals surface area contributed by atoms with Gasteiger partial charge in [-0.25, -0.2) is 12.8 Å². The molecule has 0 aromatic heterocycles. The number of nitrogens with one attached hydrogen (secondary N) is 1. The van der Waals surface area contributed by atoms with Gasteiger partial charge in [0, 0.05) is 18.1 Å². The van der Waals surface area contributed by atoms with E-state index in [4.69, 9.17) is 0 Å². The molecule has 0 saturated heterocycles. The van der Waals surface area contributed by atoms with Crippen LogP contribution in [0.4, 0.5) is 10.1 Å². The van der Waals surface area contributed by atoms with Crippen LogP contribution in [0.15, 0.2) is 48.5 Å². The minimum Gasteiger partial charge on any atom is -0.353 e. The van der Waals surface area contributed by atoms with Crippen LogP contribution in [0.3, 0.4) is 0 Å². The van der Waals surface area contributed by atoms with Crippen molar-refractivity contribution in [3.63, 3.8) is 0 Å². The lowest BCUT2D eigenvalue weighted by Gasteiger charge is -2.28.